The van der Waals surface area contributed by atoms with E-state index in [0.29, 0.717) is 0 Å². The van der Waals surface area contributed by atoms with Gasteiger partial charge in [-0.1, -0.05) is 36.4 Å². The molecule has 0 unspecified atom stereocenters. The van der Waals surface area contributed by atoms with Crippen LogP contribution in [0.5, 0.6) is 0 Å². The molecule has 176 valence electrons. The van der Waals surface area contributed by atoms with Crippen molar-refractivity contribution < 1.29 is 19.6 Å². The first kappa shape index (κ1) is 22.3. The number of nitrogens with one attached hydrogen (secondary N) is 1. The summed E-state index contributed by atoms with van der Waals surface area (Å²) in [6, 6.07) is 21.8. The number of fused-ring (bicyclic) bond motifs is 6. The van der Waals surface area contributed by atoms with Crippen LogP contribution in [-0.2, 0) is 0 Å². The number of para-hydroxylation sites is 2. The maximum Gasteiger partial charge on any atom is 0.284 e. The van der Waals surface area contributed by atoms with Crippen molar-refractivity contribution in [3.8, 4) is 11.1 Å². The fourth-order valence-corrected chi connectivity index (χ4v) is 4.32. The standard InChI is InChI=1S/C13H5N3O7.C12H9N/c17-13-9-3-6(14(18)19)1-2-8(9)12-10(13)4-7(15(20)21)5-11(12)16(22)23;1-3-7-11-9(5-1)10-6-2-4-8-12(10)13-11/h1-5H;1-8,13H. The molecular weight excluding hydrogens is 468 g/mol. The van der Waals surface area contributed by atoms with Gasteiger partial charge in [0.05, 0.1) is 26.4 Å². The van der Waals surface area contributed by atoms with Crippen molar-refractivity contribution in [3.05, 3.63) is 120 Å². The number of nitrogens with zero attached hydrogens (tertiary/aromatic N) is 3. The van der Waals surface area contributed by atoms with Crippen LogP contribution in [0.1, 0.15) is 15.9 Å². The highest BCUT2D eigenvalue weighted by Crippen LogP contribution is 2.45. The van der Waals surface area contributed by atoms with Gasteiger partial charge in [0.15, 0.2) is 5.78 Å². The number of carbonyl (C=O) groups excluding carboxylic acids is 1. The first-order valence-electron chi connectivity index (χ1n) is 10.5. The summed E-state index contributed by atoms with van der Waals surface area (Å²) >= 11 is 0. The van der Waals surface area contributed by atoms with E-state index in [1.165, 1.54) is 27.9 Å². The molecule has 1 N–H and O–H groups in total. The molecule has 11 heteroatoms. The Morgan fingerprint density at radius 2 is 1.14 bits per heavy atom. The number of rotatable bonds is 3. The SMILES string of the molecule is O=C1c2cc([N+](=O)[O-])ccc2-c2c1cc([N+](=O)[O-])cc2[N+](=O)[O-].c1ccc2c(c1)[nH]c1ccccc12. The molecule has 11 nitrogen and oxygen atoms in total. The molecule has 0 spiro atoms. The van der Waals surface area contributed by atoms with Crippen molar-refractivity contribution in [2.24, 2.45) is 0 Å². The highest BCUT2D eigenvalue weighted by atomic mass is 16.6. The number of H-pyrrole nitrogens is 1. The molecule has 0 amide bonds. The minimum atomic E-state index is -0.841. The van der Waals surface area contributed by atoms with Crippen LogP contribution < -0.4 is 0 Å². The summed E-state index contributed by atoms with van der Waals surface area (Å²) in [4.78, 5) is 46.2. The average molecular weight is 482 g/mol. The lowest BCUT2D eigenvalue weighted by atomic mass is 10.0. The smallest absolute Gasteiger partial charge is 0.284 e. The summed E-state index contributed by atoms with van der Waals surface area (Å²) in [6.45, 7) is 0. The Morgan fingerprint density at radius 1 is 0.583 bits per heavy atom. The van der Waals surface area contributed by atoms with Crippen molar-refractivity contribution in [3.63, 3.8) is 0 Å². The van der Waals surface area contributed by atoms with E-state index in [9.17, 15) is 35.1 Å². The average Bonchev–Trinajstić information content (AvgIpc) is 3.39. The van der Waals surface area contributed by atoms with Gasteiger partial charge < -0.3 is 4.98 Å². The largest absolute Gasteiger partial charge is 0.355 e. The number of nitro groups is 3. The molecule has 0 saturated carbocycles. The summed E-state index contributed by atoms with van der Waals surface area (Å²) < 4.78 is 0. The minimum Gasteiger partial charge on any atom is -0.355 e. The molecule has 1 aliphatic rings. The fraction of sp³-hybridized carbons (Fsp3) is 0. The molecule has 6 rings (SSSR count). The molecule has 1 aliphatic carbocycles. The van der Waals surface area contributed by atoms with Gasteiger partial charge in [0.1, 0.15) is 0 Å². The number of carbonyl (C=O) groups is 1. The Kier molecular flexibility index (Phi) is 5.21. The zero-order valence-corrected chi connectivity index (χ0v) is 18.2. The molecule has 5 aromatic rings. The Morgan fingerprint density at radius 3 is 1.69 bits per heavy atom. The number of hydrogen-bond donors (Lipinski definition) is 1. The highest BCUT2D eigenvalue weighted by molar-refractivity contribution is 6.23. The molecule has 0 bridgehead atoms. The molecule has 1 heterocycles. The van der Waals surface area contributed by atoms with Gasteiger partial charge in [-0.05, 0) is 18.2 Å². The predicted octanol–water partition coefficient (Wildman–Crippen LogP) is 5.94. The van der Waals surface area contributed by atoms with Crippen LogP contribution in [0, 0.1) is 30.3 Å². The van der Waals surface area contributed by atoms with E-state index in [1.807, 2.05) is 0 Å². The second-order valence-electron chi connectivity index (χ2n) is 7.93. The van der Waals surface area contributed by atoms with Crippen molar-refractivity contribution in [2.45, 2.75) is 0 Å². The first-order valence-corrected chi connectivity index (χ1v) is 10.5. The summed E-state index contributed by atoms with van der Waals surface area (Å²) in [5.41, 5.74) is 0.697. The maximum absolute atomic E-state index is 12.3. The van der Waals surface area contributed by atoms with E-state index in [4.69, 9.17) is 0 Å². The van der Waals surface area contributed by atoms with Crippen molar-refractivity contribution >= 4 is 44.7 Å². The predicted molar refractivity (Wildman–Crippen MR) is 131 cm³/mol. The Labute approximate surface area is 201 Å². The Bertz CT molecular complexity index is 1710. The zero-order valence-electron chi connectivity index (χ0n) is 18.2. The number of benzene rings is 4. The molecule has 1 aromatic heterocycles. The van der Waals surface area contributed by atoms with E-state index >= 15 is 0 Å². The van der Waals surface area contributed by atoms with Crippen LogP contribution in [-0.4, -0.2) is 25.5 Å². The van der Waals surface area contributed by atoms with E-state index < -0.39 is 31.9 Å². The zero-order chi connectivity index (χ0) is 25.6. The van der Waals surface area contributed by atoms with Gasteiger partial charge in [0.25, 0.3) is 17.1 Å². The van der Waals surface area contributed by atoms with E-state index in [-0.39, 0.29) is 27.9 Å². The quantitative estimate of drug-likeness (QED) is 0.241. The molecular formula is C25H14N4O7. The van der Waals surface area contributed by atoms with Crippen molar-refractivity contribution in [1.29, 1.82) is 0 Å². The van der Waals surface area contributed by atoms with Crippen LogP contribution in [0.4, 0.5) is 17.1 Å². The molecule has 36 heavy (non-hydrogen) atoms. The highest BCUT2D eigenvalue weighted by Gasteiger charge is 2.36. The fourth-order valence-electron chi connectivity index (χ4n) is 4.32. The third-order valence-corrected chi connectivity index (χ3v) is 5.90. The Balaban J connectivity index is 0.000000172. The third-order valence-electron chi connectivity index (χ3n) is 5.90. The number of nitro benzene ring substituents is 3. The van der Waals surface area contributed by atoms with Gasteiger partial charge in [-0.25, -0.2) is 0 Å². The monoisotopic (exact) mass is 482 g/mol. The van der Waals surface area contributed by atoms with E-state index in [2.05, 4.69) is 53.5 Å². The van der Waals surface area contributed by atoms with Crippen LogP contribution in [0.2, 0.25) is 0 Å². The molecule has 0 fully saturated rings. The molecule has 0 atom stereocenters. The summed E-state index contributed by atoms with van der Waals surface area (Å²) in [7, 11) is 0. The second-order valence-corrected chi connectivity index (χ2v) is 7.93. The summed E-state index contributed by atoms with van der Waals surface area (Å²) in [5.74, 6) is -0.717. The van der Waals surface area contributed by atoms with Gasteiger partial charge in [-0.15, -0.1) is 0 Å². The van der Waals surface area contributed by atoms with Gasteiger partial charge in [-0.3, -0.25) is 35.1 Å². The van der Waals surface area contributed by atoms with Crippen LogP contribution in [0.25, 0.3) is 32.9 Å². The lowest BCUT2D eigenvalue weighted by molar-refractivity contribution is -0.393. The van der Waals surface area contributed by atoms with Gasteiger partial charge in [0, 0.05) is 56.7 Å². The number of ketones is 1. The maximum atomic E-state index is 12.3. The Hall–Kier alpha value is -5.45. The van der Waals surface area contributed by atoms with Crippen LogP contribution >= 0.6 is 0 Å². The second kappa shape index (κ2) is 8.40. The third kappa shape index (κ3) is 3.60. The number of aromatic amines is 1. The van der Waals surface area contributed by atoms with E-state index in [0.717, 1.165) is 24.3 Å². The lowest BCUT2D eigenvalue weighted by Crippen LogP contribution is -2.00. The number of aromatic nitrogens is 1. The van der Waals surface area contributed by atoms with Gasteiger partial charge in [0.2, 0.25) is 0 Å². The minimum absolute atomic E-state index is 0.0597. The first-order chi connectivity index (χ1) is 17.3. The molecule has 0 aliphatic heterocycles. The van der Waals surface area contributed by atoms with Crippen molar-refractivity contribution in [2.75, 3.05) is 0 Å². The normalized spacial score (nSPS) is 11.5. The number of hydrogen-bond acceptors (Lipinski definition) is 7. The lowest BCUT2D eigenvalue weighted by Gasteiger charge is -2.02. The van der Waals surface area contributed by atoms with Gasteiger partial charge in [-0.2, -0.15) is 0 Å². The topological polar surface area (TPSA) is 162 Å². The van der Waals surface area contributed by atoms with Crippen molar-refractivity contribution in [1.82, 2.24) is 4.98 Å². The number of non-ortho nitro benzene ring substituents is 2. The summed E-state index contributed by atoms with van der Waals surface area (Å²) in [5, 5.41) is 35.5. The summed E-state index contributed by atoms with van der Waals surface area (Å²) in [6.07, 6.45) is 0. The van der Waals surface area contributed by atoms with E-state index in [1.54, 1.807) is 0 Å². The van der Waals surface area contributed by atoms with Crippen LogP contribution in [0.15, 0.2) is 78.9 Å². The van der Waals surface area contributed by atoms with Gasteiger partial charge >= 0.3 is 0 Å². The van der Waals surface area contributed by atoms with Crippen LogP contribution in [0.3, 0.4) is 0 Å². The molecule has 0 saturated heterocycles. The molecule has 0 radical (unpaired) electrons. The molecule has 4 aromatic carbocycles.